The molecule has 0 spiro atoms. The molecule has 4 nitrogen and oxygen atoms in total. The first-order chi connectivity index (χ1) is 8.94. The molecule has 0 aromatic carbocycles. The van der Waals surface area contributed by atoms with Crippen LogP contribution in [0.3, 0.4) is 0 Å². The molecule has 0 radical (unpaired) electrons. The molecule has 0 aromatic heterocycles. The fourth-order valence-corrected chi connectivity index (χ4v) is 3.28. The van der Waals surface area contributed by atoms with E-state index in [1.165, 1.54) is 4.90 Å². The van der Waals surface area contributed by atoms with Crippen LogP contribution in [0.4, 0.5) is 13.2 Å². The third-order valence-corrected chi connectivity index (χ3v) is 4.24. The molecule has 118 valence electrons. The van der Waals surface area contributed by atoms with Gasteiger partial charge in [-0.05, 0) is 6.42 Å². The van der Waals surface area contributed by atoms with Crippen LogP contribution in [0.15, 0.2) is 4.99 Å². The normalized spacial score (nSPS) is 25.6. The van der Waals surface area contributed by atoms with E-state index in [4.69, 9.17) is 5.73 Å². The molecule has 2 aliphatic rings. The van der Waals surface area contributed by atoms with Gasteiger partial charge < -0.3 is 10.6 Å². The predicted molar refractivity (Wildman–Crippen MR) is 86.8 cm³/mol. The van der Waals surface area contributed by atoms with E-state index in [0.717, 1.165) is 24.6 Å². The summed E-state index contributed by atoms with van der Waals surface area (Å²) in [6.45, 7) is 1.69. The number of aliphatic imine (C=N–C) groups is 1. The van der Waals surface area contributed by atoms with Crippen LogP contribution in [0.25, 0.3) is 0 Å². The Balaban J connectivity index is 0.00000200. The van der Waals surface area contributed by atoms with Gasteiger partial charge in [0.25, 0.3) is 0 Å². The second kappa shape index (κ2) is 7.92. The van der Waals surface area contributed by atoms with E-state index in [1.807, 2.05) is 16.7 Å². The summed E-state index contributed by atoms with van der Waals surface area (Å²) in [7, 11) is 0. The molecule has 9 heteroatoms. The lowest BCUT2D eigenvalue weighted by atomic mass is 10.3. The average Bonchev–Trinajstić information content (AvgIpc) is 2.75. The van der Waals surface area contributed by atoms with E-state index in [9.17, 15) is 13.2 Å². The van der Waals surface area contributed by atoms with Crippen LogP contribution in [-0.2, 0) is 0 Å². The molecule has 1 atom stereocenters. The molecule has 1 unspecified atom stereocenters. The molecule has 0 saturated carbocycles. The van der Waals surface area contributed by atoms with Crippen LogP contribution in [0.5, 0.6) is 0 Å². The fraction of sp³-hybridized carbons (Fsp3) is 0.909. The summed E-state index contributed by atoms with van der Waals surface area (Å²) in [4.78, 5) is 7.80. The standard InChI is InChI=1S/C11H19F3N4S.HI/c12-11(13,14)8-17-2-1-9(7-17)16-10(15)18-3-5-19-6-4-18;/h9H,1-8H2,(H2,15,16);1H. The van der Waals surface area contributed by atoms with Crippen LogP contribution < -0.4 is 5.73 Å². The molecule has 2 fully saturated rings. The molecule has 2 N–H and O–H groups in total. The number of hydrogen-bond acceptors (Lipinski definition) is 3. The van der Waals surface area contributed by atoms with Crippen LogP contribution >= 0.6 is 35.7 Å². The highest BCUT2D eigenvalue weighted by atomic mass is 127. The second-order valence-electron chi connectivity index (χ2n) is 4.88. The largest absolute Gasteiger partial charge is 0.401 e. The van der Waals surface area contributed by atoms with Crippen LogP contribution in [0.2, 0.25) is 0 Å². The summed E-state index contributed by atoms with van der Waals surface area (Å²) in [6, 6.07) is -0.100. The van der Waals surface area contributed by atoms with Gasteiger partial charge in [-0.3, -0.25) is 4.90 Å². The highest BCUT2D eigenvalue weighted by molar-refractivity contribution is 14.0. The highest BCUT2D eigenvalue weighted by Crippen LogP contribution is 2.21. The van der Waals surface area contributed by atoms with Crippen molar-refractivity contribution in [1.82, 2.24) is 9.80 Å². The van der Waals surface area contributed by atoms with Gasteiger partial charge in [-0.2, -0.15) is 24.9 Å². The number of hydrogen-bond donors (Lipinski definition) is 1. The average molecular weight is 424 g/mol. The summed E-state index contributed by atoms with van der Waals surface area (Å²) >= 11 is 1.88. The lowest BCUT2D eigenvalue weighted by Crippen LogP contribution is -2.43. The first-order valence-electron chi connectivity index (χ1n) is 6.39. The first kappa shape index (κ1) is 18.1. The summed E-state index contributed by atoms with van der Waals surface area (Å²) in [5.41, 5.74) is 5.93. The molecule has 0 amide bonds. The number of guanidine groups is 1. The van der Waals surface area contributed by atoms with Crippen molar-refractivity contribution in [2.24, 2.45) is 10.7 Å². The summed E-state index contributed by atoms with van der Waals surface area (Å²) < 4.78 is 36.8. The minimum atomic E-state index is -4.13. The maximum absolute atomic E-state index is 12.3. The van der Waals surface area contributed by atoms with Crippen molar-refractivity contribution in [2.75, 3.05) is 44.2 Å². The van der Waals surface area contributed by atoms with Crippen molar-refractivity contribution in [1.29, 1.82) is 0 Å². The summed E-state index contributed by atoms with van der Waals surface area (Å²) in [5.74, 6) is 2.54. The summed E-state index contributed by atoms with van der Waals surface area (Å²) in [5, 5.41) is 0. The highest BCUT2D eigenvalue weighted by Gasteiger charge is 2.34. The Morgan fingerprint density at radius 2 is 1.90 bits per heavy atom. The number of thioether (sulfide) groups is 1. The number of alkyl halides is 3. The van der Waals surface area contributed by atoms with Gasteiger partial charge in [-0.15, -0.1) is 24.0 Å². The minimum absolute atomic E-state index is 0. The molecule has 0 aliphatic carbocycles. The lowest BCUT2D eigenvalue weighted by molar-refractivity contribution is -0.143. The second-order valence-corrected chi connectivity index (χ2v) is 6.10. The Bertz CT molecular complexity index is 334. The Labute approximate surface area is 138 Å². The van der Waals surface area contributed by atoms with E-state index in [2.05, 4.69) is 4.99 Å². The van der Waals surface area contributed by atoms with E-state index < -0.39 is 12.7 Å². The molecule has 0 aromatic rings. The van der Waals surface area contributed by atoms with Crippen molar-refractivity contribution >= 4 is 41.7 Å². The SMILES string of the molecule is I.NC(=NC1CCN(CC(F)(F)F)C1)N1CCSCC1. The zero-order chi connectivity index (χ0) is 13.9. The van der Waals surface area contributed by atoms with Crippen molar-refractivity contribution in [2.45, 2.75) is 18.6 Å². The monoisotopic (exact) mass is 424 g/mol. The molecule has 20 heavy (non-hydrogen) atoms. The van der Waals surface area contributed by atoms with Gasteiger partial charge in [-0.25, -0.2) is 4.99 Å². The fourth-order valence-electron chi connectivity index (χ4n) is 2.38. The molecule has 2 heterocycles. The number of likely N-dealkylation sites (tertiary alicyclic amines) is 1. The lowest BCUT2D eigenvalue weighted by Gasteiger charge is -2.27. The number of nitrogens with zero attached hydrogens (tertiary/aromatic N) is 3. The van der Waals surface area contributed by atoms with E-state index in [1.54, 1.807) is 0 Å². The van der Waals surface area contributed by atoms with Gasteiger partial charge in [-0.1, -0.05) is 0 Å². The summed E-state index contributed by atoms with van der Waals surface area (Å²) in [6.07, 6.45) is -3.48. The minimum Gasteiger partial charge on any atom is -0.370 e. The number of rotatable bonds is 2. The van der Waals surface area contributed by atoms with Gasteiger partial charge in [0.2, 0.25) is 0 Å². The Hall–Kier alpha value is 0.100. The smallest absolute Gasteiger partial charge is 0.370 e. The van der Waals surface area contributed by atoms with Crippen LogP contribution in [-0.4, -0.2) is 72.2 Å². The van der Waals surface area contributed by atoms with Crippen molar-refractivity contribution < 1.29 is 13.2 Å². The van der Waals surface area contributed by atoms with E-state index >= 15 is 0 Å². The molecular formula is C11H20F3IN4S. The van der Waals surface area contributed by atoms with Crippen LogP contribution in [0, 0.1) is 0 Å². The Morgan fingerprint density at radius 3 is 2.50 bits per heavy atom. The van der Waals surface area contributed by atoms with E-state index in [-0.39, 0.29) is 30.0 Å². The number of nitrogens with two attached hydrogens (primary N) is 1. The Morgan fingerprint density at radius 1 is 1.25 bits per heavy atom. The third-order valence-electron chi connectivity index (χ3n) is 3.30. The molecule has 2 rings (SSSR count). The predicted octanol–water partition coefficient (Wildman–Crippen LogP) is 1.60. The van der Waals surface area contributed by atoms with Crippen molar-refractivity contribution in [3.05, 3.63) is 0 Å². The maximum atomic E-state index is 12.3. The van der Waals surface area contributed by atoms with E-state index in [0.29, 0.717) is 25.5 Å². The van der Waals surface area contributed by atoms with Gasteiger partial charge in [0.15, 0.2) is 5.96 Å². The van der Waals surface area contributed by atoms with Crippen molar-refractivity contribution in [3.63, 3.8) is 0 Å². The molecule has 0 bridgehead atoms. The van der Waals surface area contributed by atoms with Gasteiger partial charge >= 0.3 is 6.18 Å². The topological polar surface area (TPSA) is 44.9 Å². The first-order valence-corrected chi connectivity index (χ1v) is 7.54. The number of halogens is 4. The quantitative estimate of drug-likeness (QED) is 0.416. The molecular weight excluding hydrogens is 404 g/mol. The van der Waals surface area contributed by atoms with Crippen LogP contribution in [0.1, 0.15) is 6.42 Å². The molecule has 2 saturated heterocycles. The Kier molecular flexibility index (Phi) is 7.19. The van der Waals surface area contributed by atoms with Gasteiger partial charge in [0, 0.05) is 37.7 Å². The third kappa shape index (κ3) is 5.84. The zero-order valence-corrected chi connectivity index (χ0v) is 14.3. The van der Waals surface area contributed by atoms with Gasteiger partial charge in [0.1, 0.15) is 0 Å². The molecule has 2 aliphatic heterocycles. The zero-order valence-electron chi connectivity index (χ0n) is 11.1. The maximum Gasteiger partial charge on any atom is 0.401 e. The van der Waals surface area contributed by atoms with Crippen molar-refractivity contribution in [3.8, 4) is 0 Å². The van der Waals surface area contributed by atoms with Gasteiger partial charge in [0.05, 0.1) is 12.6 Å².